The SMILES string of the molecule is CCc1nccn1CCOc1cccc(CN2CCCC(COc3ccc(C)cc3)(OC)CC2)c1. The third kappa shape index (κ3) is 7.09. The number of nitrogens with zero attached hydrogens (tertiary/aromatic N) is 3. The first-order valence-electron chi connectivity index (χ1n) is 12.8. The Morgan fingerprint density at radius 2 is 1.86 bits per heavy atom. The molecule has 0 bridgehead atoms. The quantitative estimate of drug-likeness (QED) is 0.376. The number of rotatable bonds is 11. The van der Waals surface area contributed by atoms with Crippen molar-refractivity contribution in [2.75, 3.05) is 33.4 Å². The van der Waals surface area contributed by atoms with Gasteiger partial charge in [-0.1, -0.05) is 36.8 Å². The maximum atomic E-state index is 6.13. The molecule has 6 nitrogen and oxygen atoms in total. The number of aryl methyl sites for hydroxylation is 2. The van der Waals surface area contributed by atoms with Crippen LogP contribution in [0.5, 0.6) is 11.5 Å². The van der Waals surface area contributed by atoms with E-state index in [1.165, 1.54) is 11.1 Å². The number of imidazole rings is 1. The smallest absolute Gasteiger partial charge is 0.119 e. The summed E-state index contributed by atoms with van der Waals surface area (Å²) in [5.41, 5.74) is 2.28. The van der Waals surface area contributed by atoms with Crippen LogP contribution < -0.4 is 9.47 Å². The minimum Gasteiger partial charge on any atom is -0.492 e. The summed E-state index contributed by atoms with van der Waals surface area (Å²) < 4.78 is 20.4. The van der Waals surface area contributed by atoms with Crippen LogP contribution >= 0.6 is 0 Å². The van der Waals surface area contributed by atoms with Crippen molar-refractivity contribution in [1.82, 2.24) is 14.5 Å². The van der Waals surface area contributed by atoms with Crippen molar-refractivity contribution in [1.29, 1.82) is 0 Å². The number of ether oxygens (including phenoxy) is 3. The second kappa shape index (κ2) is 12.2. The van der Waals surface area contributed by atoms with Crippen LogP contribution in [0.1, 0.15) is 43.1 Å². The molecule has 188 valence electrons. The highest BCUT2D eigenvalue weighted by Crippen LogP contribution is 2.28. The molecule has 1 fully saturated rings. The zero-order valence-corrected chi connectivity index (χ0v) is 21.4. The average molecular weight is 478 g/mol. The highest BCUT2D eigenvalue weighted by atomic mass is 16.5. The molecular formula is C29H39N3O3. The third-order valence-electron chi connectivity index (χ3n) is 6.97. The Bertz CT molecular complexity index is 1050. The van der Waals surface area contributed by atoms with Gasteiger partial charge in [0, 0.05) is 39.0 Å². The molecule has 0 radical (unpaired) electrons. The van der Waals surface area contributed by atoms with Crippen LogP contribution in [-0.4, -0.2) is 53.5 Å². The number of methoxy groups -OCH3 is 1. The molecular weight excluding hydrogens is 438 g/mol. The van der Waals surface area contributed by atoms with Gasteiger partial charge in [-0.05, 0) is 62.6 Å². The van der Waals surface area contributed by atoms with E-state index in [9.17, 15) is 0 Å². The van der Waals surface area contributed by atoms with E-state index in [2.05, 4.69) is 58.6 Å². The standard InChI is InChI=1S/C29H39N3O3/c1-4-28-30-15-18-32(28)19-20-34-27-8-5-7-25(21-27)22-31-16-6-13-29(33-3,14-17-31)23-35-26-11-9-24(2)10-12-26/h5,7-12,15,18,21H,4,6,13-14,16-17,19-20,22-23H2,1-3H3. The molecule has 0 spiro atoms. The van der Waals surface area contributed by atoms with Gasteiger partial charge in [0.25, 0.3) is 0 Å². The molecule has 1 aliphatic heterocycles. The molecule has 1 unspecified atom stereocenters. The average Bonchev–Trinajstić information content (AvgIpc) is 3.24. The lowest BCUT2D eigenvalue weighted by Crippen LogP contribution is -2.39. The van der Waals surface area contributed by atoms with Crippen LogP contribution in [0.2, 0.25) is 0 Å². The Morgan fingerprint density at radius 1 is 1.00 bits per heavy atom. The van der Waals surface area contributed by atoms with Gasteiger partial charge in [-0.25, -0.2) is 4.98 Å². The fourth-order valence-electron chi connectivity index (χ4n) is 4.75. The fraction of sp³-hybridized carbons (Fsp3) is 0.483. The molecule has 3 aromatic rings. The zero-order chi connectivity index (χ0) is 24.5. The molecule has 2 aromatic carbocycles. The molecule has 4 rings (SSSR count). The Balaban J connectivity index is 1.28. The summed E-state index contributed by atoms with van der Waals surface area (Å²) in [6, 6.07) is 16.7. The van der Waals surface area contributed by atoms with Crippen LogP contribution in [0, 0.1) is 6.92 Å². The van der Waals surface area contributed by atoms with E-state index < -0.39 is 0 Å². The number of hydrogen-bond donors (Lipinski definition) is 0. The van der Waals surface area contributed by atoms with E-state index in [4.69, 9.17) is 14.2 Å². The lowest BCUT2D eigenvalue weighted by Gasteiger charge is -2.31. The molecule has 0 N–H and O–H groups in total. The van der Waals surface area contributed by atoms with E-state index in [1.54, 1.807) is 0 Å². The molecule has 1 aromatic heterocycles. The monoisotopic (exact) mass is 477 g/mol. The van der Waals surface area contributed by atoms with Crippen molar-refractivity contribution in [3.8, 4) is 11.5 Å². The van der Waals surface area contributed by atoms with Crippen LogP contribution in [0.15, 0.2) is 60.9 Å². The van der Waals surface area contributed by atoms with E-state index >= 15 is 0 Å². The van der Waals surface area contributed by atoms with Crippen molar-refractivity contribution < 1.29 is 14.2 Å². The molecule has 0 saturated carbocycles. The molecule has 1 aliphatic rings. The third-order valence-corrected chi connectivity index (χ3v) is 6.97. The van der Waals surface area contributed by atoms with E-state index in [-0.39, 0.29) is 5.60 Å². The summed E-state index contributed by atoms with van der Waals surface area (Å²) in [6.07, 6.45) is 7.85. The lowest BCUT2D eigenvalue weighted by atomic mass is 9.95. The van der Waals surface area contributed by atoms with Crippen LogP contribution in [0.25, 0.3) is 0 Å². The van der Waals surface area contributed by atoms with Gasteiger partial charge in [-0.3, -0.25) is 4.90 Å². The van der Waals surface area contributed by atoms with Crippen molar-refractivity contribution in [2.45, 2.75) is 58.2 Å². The van der Waals surface area contributed by atoms with Crippen molar-refractivity contribution >= 4 is 0 Å². The molecule has 0 amide bonds. The highest BCUT2D eigenvalue weighted by Gasteiger charge is 2.33. The summed E-state index contributed by atoms with van der Waals surface area (Å²) in [4.78, 5) is 6.90. The van der Waals surface area contributed by atoms with Gasteiger partial charge < -0.3 is 18.8 Å². The largest absolute Gasteiger partial charge is 0.492 e. The first-order valence-corrected chi connectivity index (χ1v) is 12.8. The maximum absolute atomic E-state index is 6.13. The van der Waals surface area contributed by atoms with Crippen LogP contribution in [0.3, 0.4) is 0 Å². The minimum absolute atomic E-state index is 0.241. The van der Waals surface area contributed by atoms with E-state index in [0.717, 1.165) is 69.2 Å². The Hall–Kier alpha value is -2.83. The van der Waals surface area contributed by atoms with Crippen LogP contribution in [0.4, 0.5) is 0 Å². The van der Waals surface area contributed by atoms with Crippen molar-refractivity contribution in [3.05, 3.63) is 77.9 Å². The Labute approximate surface area is 209 Å². The summed E-state index contributed by atoms with van der Waals surface area (Å²) in [5.74, 6) is 2.93. The predicted molar refractivity (Wildman–Crippen MR) is 139 cm³/mol. The second-order valence-corrected chi connectivity index (χ2v) is 9.50. The van der Waals surface area contributed by atoms with Gasteiger partial charge in [-0.15, -0.1) is 0 Å². The molecule has 6 heteroatoms. The van der Waals surface area contributed by atoms with Gasteiger partial charge in [0.15, 0.2) is 0 Å². The molecule has 0 aliphatic carbocycles. The maximum Gasteiger partial charge on any atom is 0.119 e. The van der Waals surface area contributed by atoms with Crippen LogP contribution in [-0.2, 0) is 24.2 Å². The number of likely N-dealkylation sites (tertiary alicyclic amines) is 1. The van der Waals surface area contributed by atoms with Crippen molar-refractivity contribution in [2.24, 2.45) is 0 Å². The van der Waals surface area contributed by atoms with Gasteiger partial charge in [-0.2, -0.15) is 0 Å². The molecule has 1 atom stereocenters. The van der Waals surface area contributed by atoms with Gasteiger partial charge in [0.2, 0.25) is 0 Å². The van der Waals surface area contributed by atoms with E-state index in [1.807, 2.05) is 37.7 Å². The summed E-state index contributed by atoms with van der Waals surface area (Å²) in [7, 11) is 1.82. The molecule has 35 heavy (non-hydrogen) atoms. The minimum atomic E-state index is -0.241. The highest BCUT2D eigenvalue weighted by molar-refractivity contribution is 5.28. The van der Waals surface area contributed by atoms with Gasteiger partial charge >= 0.3 is 0 Å². The second-order valence-electron chi connectivity index (χ2n) is 9.50. The number of aromatic nitrogens is 2. The topological polar surface area (TPSA) is 48.8 Å². The Morgan fingerprint density at radius 3 is 2.66 bits per heavy atom. The fourth-order valence-corrected chi connectivity index (χ4v) is 4.75. The summed E-state index contributed by atoms with van der Waals surface area (Å²) >= 11 is 0. The normalized spacial score (nSPS) is 18.8. The zero-order valence-electron chi connectivity index (χ0n) is 21.4. The lowest BCUT2D eigenvalue weighted by molar-refractivity contribution is -0.0541. The van der Waals surface area contributed by atoms with Gasteiger partial charge in [0.1, 0.15) is 36.1 Å². The number of benzene rings is 2. The predicted octanol–water partition coefficient (Wildman–Crippen LogP) is 5.28. The Kier molecular flexibility index (Phi) is 8.83. The first kappa shape index (κ1) is 25.3. The molecule has 1 saturated heterocycles. The molecule has 2 heterocycles. The summed E-state index contributed by atoms with van der Waals surface area (Å²) in [6.45, 7) is 9.19. The van der Waals surface area contributed by atoms with Gasteiger partial charge in [0.05, 0.1) is 6.54 Å². The number of hydrogen-bond acceptors (Lipinski definition) is 5. The van der Waals surface area contributed by atoms with E-state index in [0.29, 0.717) is 13.2 Å². The summed E-state index contributed by atoms with van der Waals surface area (Å²) in [5, 5.41) is 0. The van der Waals surface area contributed by atoms with Crippen molar-refractivity contribution in [3.63, 3.8) is 0 Å². The first-order chi connectivity index (χ1) is 17.1.